The molecule has 0 bridgehead atoms. The number of carbonyl (C=O) groups is 2. The number of amides is 1. The van der Waals surface area contributed by atoms with Crippen LogP contribution in [0, 0.1) is 17.8 Å². The first-order valence-corrected chi connectivity index (χ1v) is 15.4. The van der Waals surface area contributed by atoms with E-state index in [1.807, 2.05) is 19.0 Å². The molecule has 1 aromatic carbocycles. The average molecular weight is 609 g/mol. The molecule has 12 heteroatoms. The zero-order valence-electron chi connectivity index (χ0n) is 25.7. The quantitative estimate of drug-likeness (QED) is 0.268. The molecule has 0 aromatic heterocycles. The summed E-state index contributed by atoms with van der Waals surface area (Å²) in [6, 6.07) is 1.00. The van der Waals surface area contributed by atoms with Crippen LogP contribution in [0.25, 0.3) is 5.76 Å². The maximum absolute atomic E-state index is 14.4. The molecular formula is C31H43BN4O6P. The molecule has 1 amide bonds. The molecule has 0 spiro atoms. The van der Waals surface area contributed by atoms with E-state index in [1.54, 1.807) is 32.2 Å². The predicted molar refractivity (Wildman–Crippen MR) is 172 cm³/mol. The molecule has 5 N–H and O–H groups in total. The first-order chi connectivity index (χ1) is 20.2. The van der Waals surface area contributed by atoms with Gasteiger partial charge < -0.3 is 4.74 Å². The second-order valence-corrected chi connectivity index (χ2v) is 13.9. The van der Waals surface area contributed by atoms with Gasteiger partial charge in [-0.25, -0.2) is 0 Å². The number of likely N-dealkylation sites (N-methyl/N-ethyl adjacent to an activating group) is 1. The topological polar surface area (TPSA) is 140 Å². The number of likely N-dealkylation sites (tertiary alicyclic amines) is 1. The fourth-order valence-corrected chi connectivity index (χ4v) is 8.62. The van der Waals surface area contributed by atoms with Crippen molar-refractivity contribution in [3.05, 3.63) is 39.7 Å². The molecule has 5 atom stereocenters. The number of primary amides is 1. The van der Waals surface area contributed by atoms with Crippen LogP contribution in [0.3, 0.4) is 0 Å². The molecule has 231 valence electrons. The molecule has 1 radical (unpaired) electrons. The third-order valence-electron chi connectivity index (χ3n) is 9.94. The van der Waals surface area contributed by atoms with Gasteiger partial charge in [-0.3, -0.25) is 0 Å². The van der Waals surface area contributed by atoms with Gasteiger partial charge in [0.2, 0.25) is 0 Å². The number of aliphatic hydroxyl groups excluding tert-OH is 2. The van der Waals surface area contributed by atoms with Crippen molar-refractivity contribution in [2.75, 3.05) is 59.9 Å². The van der Waals surface area contributed by atoms with E-state index in [-0.39, 0.29) is 39.4 Å². The molecule has 2 unspecified atom stereocenters. The SMILES string of the molecule is [B]=C1C(C(N)=O)=C(O)C(N(C)C)[C@@H]2C[C@@H]3Cc4c(c(O)cc(CN5CCC(COC)CC5)c4N(C)C)C(O)=C3C(=O)[C@]12P. The number of fused-ring (bicyclic) bond motifs is 3. The van der Waals surface area contributed by atoms with Crippen molar-refractivity contribution in [3.8, 4) is 5.75 Å². The summed E-state index contributed by atoms with van der Waals surface area (Å²) in [5.74, 6) is -2.33. The van der Waals surface area contributed by atoms with Crippen LogP contribution in [0.15, 0.2) is 23.0 Å². The van der Waals surface area contributed by atoms with E-state index in [0.29, 0.717) is 25.3 Å². The van der Waals surface area contributed by atoms with Gasteiger partial charge in [-0.05, 0) is 18.8 Å². The molecule has 3 aliphatic carbocycles. The minimum absolute atomic E-state index is 0.0804. The van der Waals surface area contributed by atoms with Crippen molar-refractivity contribution in [2.24, 2.45) is 23.5 Å². The van der Waals surface area contributed by atoms with Gasteiger partial charge in [0.05, 0.1) is 0 Å². The van der Waals surface area contributed by atoms with Gasteiger partial charge in [-0.15, -0.1) is 0 Å². The van der Waals surface area contributed by atoms with E-state index in [9.17, 15) is 24.9 Å². The number of piperidine rings is 1. The molecule has 1 saturated carbocycles. The van der Waals surface area contributed by atoms with Crippen molar-refractivity contribution in [3.63, 3.8) is 0 Å². The number of benzene rings is 1. The van der Waals surface area contributed by atoms with E-state index in [1.165, 1.54) is 0 Å². The normalized spacial score (nSPS) is 28.2. The Labute approximate surface area is 256 Å². The van der Waals surface area contributed by atoms with Crippen LogP contribution in [0.4, 0.5) is 5.69 Å². The predicted octanol–water partition coefficient (Wildman–Crippen LogP) is 1.54. The maximum atomic E-state index is 14.4. The number of anilines is 1. The molecule has 1 aliphatic heterocycles. The van der Waals surface area contributed by atoms with Gasteiger partial charge in [-0.2, -0.15) is 0 Å². The second kappa shape index (κ2) is 11.7. The number of aromatic hydroxyl groups is 1. The molecule has 5 rings (SSSR count). The molecule has 1 aromatic rings. The van der Waals surface area contributed by atoms with E-state index in [0.717, 1.165) is 49.4 Å². The van der Waals surface area contributed by atoms with Crippen molar-refractivity contribution >= 4 is 45.3 Å². The van der Waals surface area contributed by atoms with E-state index in [2.05, 4.69) is 14.1 Å². The Bertz CT molecular complexity index is 1430. The average Bonchev–Trinajstić information content (AvgIpc) is 2.91. The summed E-state index contributed by atoms with van der Waals surface area (Å²) in [4.78, 5) is 33.0. The number of Topliss-reactive ketones (excluding diaryl/α,β-unsaturated/α-hetero) is 1. The Kier molecular flexibility index (Phi) is 8.59. The Hall–Kier alpha value is -2.72. The number of phenolic OH excluding ortho intramolecular Hbond substituents is 1. The van der Waals surface area contributed by atoms with Gasteiger partial charge in [-0.1, -0.05) is 0 Å². The van der Waals surface area contributed by atoms with Crippen molar-refractivity contribution in [1.29, 1.82) is 0 Å². The number of hydrogen-bond donors (Lipinski definition) is 4. The van der Waals surface area contributed by atoms with Crippen molar-refractivity contribution in [1.82, 2.24) is 9.80 Å². The first-order valence-electron chi connectivity index (χ1n) is 14.8. The summed E-state index contributed by atoms with van der Waals surface area (Å²) in [5.41, 5.74) is 8.33. The summed E-state index contributed by atoms with van der Waals surface area (Å²) in [7, 11) is 18.2. The van der Waals surface area contributed by atoms with E-state index >= 15 is 0 Å². The summed E-state index contributed by atoms with van der Waals surface area (Å²) >= 11 is 0. The number of methoxy groups -OCH3 is 1. The van der Waals surface area contributed by atoms with Gasteiger partial charge in [0.1, 0.15) is 0 Å². The number of rotatable bonds is 7. The van der Waals surface area contributed by atoms with Gasteiger partial charge in [0, 0.05) is 13.7 Å². The number of hydrogen-bond acceptors (Lipinski definition) is 9. The molecule has 1 saturated heterocycles. The van der Waals surface area contributed by atoms with Crippen LogP contribution in [0.1, 0.15) is 36.0 Å². The summed E-state index contributed by atoms with van der Waals surface area (Å²) in [6.45, 7) is 3.27. The van der Waals surface area contributed by atoms with Crippen LogP contribution in [-0.4, -0.2) is 116 Å². The number of carbonyl (C=O) groups excluding carboxylic acids is 2. The number of aliphatic hydroxyl groups is 2. The third kappa shape index (κ3) is 5.02. The van der Waals surface area contributed by atoms with Gasteiger partial charge >= 0.3 is 220 Å². The van der Waals surface area contributed by atoms with Crippen molar-refractivity contribution in [2.45, 2.75) is 43.4 Å². The molecule has 1 heterocycles. The third-order valence-corrected chi connectivity index (χ3v) is 10.9. The monoisotopic (exact) mass is 609 g/mol. The summed E-state index contributed by atoms with van der Waals surface area (Å²) < 4.78 is 5.35. The number of allylic oxidation sites excluding steroid dienone is 1. The Morgan fingerprint density at radius 3 is 2.42 bits per heavy atom. The number of ketones is 1. The van der Waals surface area contributed by atoms with E-state index in [4.69, 9.17) is 18.0 Å². The molecule has 2 fully saturated rings. The molecular weight excluding hydrogens is 566 g/mol. The van der Waals surface area contributed by atoms with Gasteiger partial charge in [0.25, 0.3) is 0 Å². The van der Waals surface area contributed by atoms with Crippen LogP contribution >= 0.6 is 9.24 Å². The Balaban J connectivity index is 1.59. The standard InChI is InChI=1S/C31H43BN4O6P/c1-34(2)24-17(13-36-8-6-15(7-9-36)14-42-5)12-20(37)22-18(24)10-16-11-19-25(35(3)4)27(39)23(30(33)41)28(32)31(19,43)29(40)21(16)26(22)38/h12,15-16,19,25,37-39H,6-11,13-14,43H2,1-5H3,(H2,33,41)/t16-,19-,25?,31+/m0/s1. The molecule has 43 heavy (non-hydrogen) atoms. The first kappa shape index (κ1) is 31.7. The Morgan fingerprint density at radius 1 is 1.21 bits per heavy atom. The van der Waals surface area contributed by atoms with Crippen LogP contribution in [-0.2, 0) is 27.3 Å². The van der Waals surface area contributed by atoms with E-state index < -0.39 is 34.7 Å². The number of phenols is 1. The van der Waals surface area contributed by atoms with Crippen molar-refractivity contribution < 1.29 is 29.6 Å². The Morgan fingerprint density at radius 2 is 1.86 bits per heavy atom. The summed E-state index contributed by atoms with van der Waals surface area (Å²) in [5, 5.41) is 32.8. The minimum atomic E-state index is -1.47. The van der Waals surface area contributed by atoms with Gasteiger partial charge in [0.15, 0.2) is 0 Å². The number of ether oxygens (including phenoxy) is 1. The van der Waals surface area contributed by atoms with Crippen LogP contribution < -0.4 is 10.6 Å². The number of nitrogens with two attached hydrogens (primary N) is 1. The zero-order chi connectivity index (χ0) is 31.5. The zero-order valence-corrected chi connectivity index (χ0v) is 26.8. The summed E-state index contributed by atoms with van der Waals surface area (Å²) in [6.07, 6.45) is 2.90. The molecule has 10 nitrogen and oxygen atoms in total. The second-order valence-electron chi connectivity index (χ2n) is 13.0. The fourth-order valence-electron chi connectivity index (χ4n) is 8.00. The number of nitrogens with zero attached hydrogens (tertiary/aromatic N) is 3. The molecule has 4 aliphatic rings. The van der Waals surface area contributed by atoms with Crippen LogP contribution in [0.5, 0.6) is 5.75 Å². The fraction of sp³-hybridized carbons (Fsp3) is 0.581. The van der Waals surface area contributed by atoms with Crippen LogP contribution in [0.2, 0.25) is 0 Å².